The first-order valence-corrected chi connectivity index (χ1v) is 9.56. The maximum Gasteiger partial charge on any atom is 0.319 e. The Balaban J connectivity index is 1.55. The van der Waals surface area contributed by atoms with Crippen LogP contribution < -0.4 is 16.0 Å². The average Bonchev–Trinajstić information content (AvgIpc) is 3.01. The van der Waals surface area contributed by atoms with E-state index in [9.17, 15) is 4.79 Å². The summed E-state index contributed by atoms with van der Waals surface area (Å²) in [7, 11) is 0. The van der Waals surface area contributed by atoms with Crippen LogP contribution in [-0.4, -0.2) is 38.6 Å². The molecule has 2 aromatic heterocycles. The zero-order valence-electron chi connectivity index (χ0n) is 17.5. The maximum absolute atomic E-state index is 12.1. The van der Waals surface area contributed by atoms with Gasteiger partial charge in [0, 0.05) is 30.5 Å². The van der Waals surface area contributed by atoms with Crippen molar-refractivity contribution in [2.75, 3.05) is 23.7 Å². The molecule has 0 spiro atoms. The molecule has 3 aromatic rings. The molecule has 0 atom stereocenters. The molecule has 0 aliphatic carbocycles. The van der Waals surface area contributed by atoms with Gasteiger partial charge in [-0.05, 0) is 51.8 Å². The lowest BCUT2D eigenvalue weighted by atomic mass is 10.1. The first kappa shape index (κ1) is 20.3. The van der Waals surface area contributed by atoms with E-state index in [-0.39, 0.29) is 6.03 Å². The predicted molar refractivity (Wildman–Crippen MR) is 115 cm³/mol. The largest absolute Gasteiger partial charge is 0.368 e. The third-order valence-electron chi connectivity index (χ3n) is 4.89. The van der Waals surface area contributed by atoms with Gasteiger partial charge in [-0.3, -0.25) is 4.57 Å². The molecule has 0 aliphatic rings. The van der Waals surface area contributed by atoms with Gasteiger partial charge in [-0.2, -0.15) is 0 Å². The molecular weight excluding hydrogens is 366 g/mol. The predicted octanol–water partition coefficient (Wildman–Crippen LogP) is 3.44. The number of amides is 2. The van der Waals surface area contributed by atoms with Crippen LogP contribution in [0.5, 0.6) is 0 Å². The number of carbonyl (C=O) groups excluding carboxylic acids is 1. The number of nitrogens with one attached hydrogen (secondary N) is 3. The molecule has 0 radical (unpaired) electrons. The quantitative estimate of drug-likeness (QED) is 0.558. The van der Waals surface area contributed by atoms with Gasteiger partial charge < -0.3 is 16.0 Å². The molecule has 0 unspecified atom stereocenters. The molecule has 0 fully saturated rings. The van der Waals surface area contributed by atoms with Crippen molar-refractivity contribution in [2.24, 2.45) is 0 Å². The summed E-state index contributed by atoms with van der Waals surface area (Å²) in [5.41, 5.74) is 5.03. The van der Waals surface area contributed by atoms with E-state index in [2.05, 4.69) is 30.9 Å². The van der Waals surface area contributed by atoms with Gasteiger partial charge >= 0.3 is 6.03 Å². The summed E-state index contributed by atoms with van der Waals surface area (Å²) in [6.45, 7) is 10.8. The summed E-state index contributed by atoms with van der Waals surface area (Å²) in [6, 6.07) is 7.48. The monoisotopic (exact) mass is 393 g/mol. The summed E-state index contributed by atoms with van der Waals surface area (Å²) in [6.07, 6.45) is 1.76. The number of carbonyl (C=O) groups is 1. The summed E-state index contributed by atoms with van der Waals surface area (Å²) < 4.78 is 1.94. The van der Waals surface area contributed by atoms with Crippen LogP contribution in [0.2, 0.25) is 0 Å². The van der Waals surface area contributed by atoms with Crippen LogP contribution in [0.4, 0.5) is 16.3 Å². The summed E-state index contributed by atoms with van der Waals surface area (Å²) in [4.78, 5) is 25.4. The number of nitrogens with zero attached hydrogens (tertiary/aromatic N) is 4. The van der Waals surface area contributed by atoms with E-state index < -0.39 is 0 Å². The Morgan fingerprint density at radius 2 is 1.86 bits per heavy atom. The fourth-order valence-corrected chi connectivity index (χ4v) is 2.92. The molecule has 1 aromatic carbocycles. The van der Waals surface area contributed by atoms with E-state index in [1.807, 2.05) is 63.5 Å². The SMILES string of the molecule is Cc1nc(NCCNC(=O)Nc2cccc(C)c2C)cc(-n2cnc(C)c2C)n1. The number of urea groups is 1. The van der Waals surface area contributed by atoms with Crippen LogP contribution in [0.25, 0.3) is 5.82 Å². The normalized spacial score (nSPS) is 10.7. The van der Waals surface area contributed by atoms with Crippen molar-refractivity contribution in [1.82, 2.24) is 24.8 Å². The molecule has 3 rings (SSSR count). The zero-order chi connectivity index (χ0) is 21.0. The van der Waals surface area contributed by atoms with Gasteiger partial charge in [0.1, 0.15) is 23.8 Å². The molecule has 2 amide bonds. The lowest BCUT2D eigenvalue weighted by Crippen LogP contribution is -2.33. The highest BCUT2D eigenvalue weighted by Gasteiger charge is 2.09. The minimum Gasteiger partial charge on any atom is -0.368 e. The smallest absolute Gasteiger partial charge is 0.319 e. The number of aromatic nitrogens is 4. The number of anilines is 2. The van der Waals surface area contributed by atoms with Crippen molar-refractivity contribution in [1.29, 1.82) is 0 Å². The Kier molecular flexibility index (Phi) is 6.11. The molecule has 29 heavy (non-hydrogen) atoms. The van der Waals surface area contributed by atoms with E-state index in [4.69, 9.17) is 0 Å². The molecule has 0 bridgehead atoms. The van der Waals surface area contributed by atoms with Gasteiger partial charge in [0.25, 0.3) is 0 Å². The van der Waals surface area contributed by atoms with Crippen LogP contribution in [0.3, 0.4) is 0 Å². The number of hydrogen-bond acceptors (Lipinski definition) is 5. The second kappa shape index (κ2) is 8.72. The van der Waals surface area contributed by atoms with E-state index >= 15 is 0 Å². The highest BCUT2D eigenvalue weighted by molar-refractivity contribution is 5.90. The molecule has 0 saturated heterocycles. The van der Waals surface area contributed by atoms with Crippen LogP contribution in [0.15, 0.2) is 30.6 Å². The van der Waals surface area contributed by atoms with Crippen LogP contribution >= 0.6 is 0 Å². The number of aryl methyl sites for hydroxylation is 3. The van der Waals surface area contributed by atoms with E-state index in [1.54, 1.807) is 6.33 Å². The first-order chi connectivity index (χ1) is 13.8. The Hall–Kier alpha value is -3.42. The van der Waals surface area contributed by atoms with Crippen LogP contribution in [0.1, 0.15) is 28.3 Å². The first-order valence-electron chi connectivity index (χ1n) is 9.56. The molecule has 0 saturated carbocycles. The van der Waals surface area contributed by atoms with E-state index in [0.717, 1.165) is 34.0 Å². The molecule has 2 heterocycles. The van der Waals surface area contributed by atoms with Gasteiger partial charge in [0.15, 0.2) is 0 Å². The topological polar surface area (TPSA) is 96.8 Å². The molecule has 3 N–H and O–H groups in total. The van der Waals surface area contributed by atoms with Gasteiger partial charge in [0.05, 0.1) is 5.69 Å². The van der Waals surface area contributed by atoms with Crippen molar-refractivity contribution >= 4 is 17.5 Å². The Morgan fingerprint density at radius 3 is 2.59 bits per heavy atom. The minimum absolute atomic E-state index is 0.232. The molecular formula is C21H27N7O. The van der Waals surface area contributed by atoms with Crippen molar-refractivity contribution in [3.8, 4) is 5.82 Å². The van der Waals surface area contributed by atoms with Crippen LogP contribution in [0, 0.1) is 34.6 Å². The van der Waals surface area contributed by atoms with Crippen molar-refractivity contribution in [2.45, 2.75) is 34.6 Å². The standard InChI is InChI=1S/C21H27N7O/c1-13-7-6-8-18(14(13)2)27-21(29)23-10-9-22-19-11-20(26-17(5)25-19)28-12-24-15(3)16(28)4/h6-8,11-12H,9-10H2,1-5H3,(H,22,25,26)(H2,23,27,29). The third kappa shape index (κ3) is 4.90. The molecule has 152 valence electrons. The van der Waals surface area contributed by atoms with Gasteiger partial charge in [-0.1, -0.05) is 12.1 Å². The summed E-state index contributed by atoms with van der Waals surface area (Å²) in [5, 5.41) is 8.97. The molecule has 8 nitrogen and oxygen atoms in total. The summed E-state index contributed by atoms with van der Waals surface area (Å²) in [5.74, 6) is 2.13. The number of benzene rings is 1. The third-order valence-corrected chi connectivity index (χ3v) is 4.89. The Morgan fingerprint density at radius 1 is 1.07 bits per heavy atom. The highest BCUT2D eigenvalue weighted by Crippen LogP contribution is 2.18. The Bertz CT molecular complexity index is 1030. The number of rotatable bonds is 6. The minimum atomic E-state index is -0.232. The van der Waals surface area contributed by atoms with E-state index in [0.29, 0.717) is 24.7 Å². The lowest BCUT2D eigenvalue weighted by molar-refractivity contribution is 0.252. The Labute approximate surface area is 170 Å². The zero-order valence-corrected chi connectivity index (χ0v) is 17.5. The van der Waals surface area contributed by atoms with Gasteiger partial charge in [-0.15, -0.1) is 0 Å². The number of imidazole rings is 1. The maximum atomic E-state index is 12.1. The van der Waals surface area contributed by atoms with Gasteiger partial charge in [0.2, 0.25) is 0 Å². The fraction of sp³-hybridized carbons (Fsp3) is 0.333. The van der Waals surface area contributed by atoms with Crippen molar-refractivity contribution in [3.63, 3.8) is 0 Å². The van der Waals surface area contributed by atoms with Gasteiger partial charge in [-0.25, -0.2) is 19.7 Å². The average molecular weight is 393 g/mol. The second-order valence-electron chi connectivity index (χ2n) is 7.00. The summed E-state index contributed by atoms with van der Waals surface area (Å²) >= 11 is 0. The molecule has 8 heteroatoms. The lowest BCUT2D eigenvalue weighted by Gasteiger charge is -2.12. The van der Waals surface area contributed by atoms with Crippen molar-refractivity contribution < 1.29 is 4.79 Å². The van der Waals surface area contributed by atoms with Crippen LogP contribution in [-0.2, 0) is 0 Å². The van der Waals surface area contributed by atoms with Crippen molar-refractivity contribution in [3.05, 3.63) is 58.9 Å². The molecule has 0 aliphatic heterocycles. The van der Waals surface area contributed by atoms with E-state index in [1.165, 1.54) is 0 Å². The fourth-order valence-electron chi connectivity index (χ4n) is 2.92. The highest BCUT2D eigenvalue weighted by atomic mass is 16.2. The second-order valence-corrected chi connectivity index (χ2v) is 7.00. The number of hydrogen-bond donors (Lipinski definition) is 3.